The van der Waals surface area contributed by atoms with Gasteiger partial charge in [-0.3, -0.25) is 0 Å². The topological polar surface area (TPSA) is 3.24 Å². The van der Waals surface area contributed by atoms with Crippen molar-refractivity contribution in [3.8, 4) is 44.5 Å². The van der Waals surface area contributed by atoms with E-state index < -0.39 is 10.8 Å². The lowest BCUT2D eigenvalue weighted by Gasteiger charge is -2.50. The molecule has 0 heterocycles. The lowest BCUT2D eigenvalue weighted by Crippen LogP contribution is -2.44. The van der Waals surface area contributed by atoms with Gasteiger partial charge in [-0.2, -0.15) is 0 Å². The maximum atomic E-state index is 2.50. The number of para-hydroxylation sites is 1. The Bertz CT molecular complexity index is 3530. The second-order valence-electron chi connectivity index (χ2n) is 18.3. The zero-order valence-electron chi connectivity index (χ0n) is 38.1. The first kappa shape index (κ1) is 40.5. The van der Waals surface area contributed by atoms with Crippen molar-refractivity contribution in [2.75, 3.05) is 4.90 Å². The maximum absolute atomic E-state index is 2.50. The summed E-state index contributed by atoms with van der Waals surface area (Å²) < 4.78 is 0. The Morgan fingerprint density at radius 2 is 0.522 bits per heavy atom. The van der Waals surface area contributed by atoms with Gasteiger partial charge in [0.05, 0.1) is 10.8 Å². The van der Waals surface area contributed by atoms with Gasteiger partial charge < -0.3 is 4.90 Å². The molecule has 0 radical (unpaired) electrons. The summed E-state index contributed by atoms with van der Waals surface area (Å²) >= 11 is 0. The van der Waals surface area contributed by atoms with Gasteiger partial charge in [0.15, 0.2) is 0 Å². The van der Waals surface area contributed by atoms with Gasteiger partial charge >= 0.3 is 0 Å². The van der Waals surface area contributed by atoms with E-state index in [-0.39, 0.29) is 0 Å². The van der Waals surface area contributed by atoms with Crippen LogP contribution in [-0.2, 0) is 10.8 Å². The molecule has 69 heavy (non-hydrogen) atoms. The molecular formula is C68H47N. The standard InChI is InChI=1S/C68H47N/c1-5-19-48(20-6-1)49-33-35-50(36-34-49)51-37-42-57(43-38-51)69(56-25-11-4-12-26-56)58-44-39-52(40-45-58)53-41-46-60-59-27-13-14-28-61(59)68(66(60)47-53)64-31-17-15-29-62(64)67(54-21-7-2-8-22-54,55-23-9-3-10-24-55)63-30-16-18-32-65(63)68/h1-47H. The fourth-order valence-corrected chi connectivity index (χ4v) is 11.9. The summed E-state index contributed by atoms with van der Waals surface area (Å²) in [5, 5.41) is 0. The zero-order chi connectivity index (χ0) is 45.8. The van der Waals surface area contributed by atoms with E-state index in [2.05, 4.69) is 290 Å². The lowest BCUT2D eigenvalue weighted by molar-refractivity contribution is 0.624. The first-order valence-electron chi connectivity index (χ1n) is 24.0. The second kappa shape index (κ2) is 16.5. The zero-order valence-corrected chi connectivity index (χ0v) is 38.1. The first-order chi connectivity index (χ1) is 34.2. The van der Waals surface area contributed by atoms with E-state index in [0.717, 1.165) is 17.1 Å². The minimum absolute atomic E-state index is 0.537. The highest BCUT2D eigenvalue weighted by atomic mass is 15.1. The van der Waals surface area contributed by atoms with E-state index in [4.69, 9.17) is 0 Å². The molecule has 0 unspecified atom stereocenters. The van der Waals surface area contributed by atoms with Crippen LogP contribution < -0.4 is 4.90 Å². The van der Waals surface area contributed by atoms with E-state index in [1.807, 2.05) is 0 Å². The molecule has 0 saturated heterocycles. The molecule has 2 aliphatic carbocycles. The van der Waals surface area contributed by atoms with E-state index in [0.29, 0.717) is 0 Å². The molecule has 2 aliphatic rings. The number of anilines is 3. The summed E-state index contributed by atoms with van der Waals surface area (Å²) in [7, 11) is 0. The number of hydrogen-bond donors (Lipinski definition) is 0. The Balaban J connectivity index is 0.923. The Hall–Kier alpha value is -8.78. The summed E-state index contributed by atoms with van der Waals surface area (Å²) in [6, 6.07) is 105. The van der Waals surface area contributed by atoms with Crippen LogP contribution in [0.3, 0.4) is 0 Å². The highest BCUT2D eigenvalue weighted by molar-refractivity contribution is 5.91. The molecule has 0 atom stereocenters. The normalized spacial score (nSPS) is 13.4. The van der Waals surface area contributed by atoms with E-state index in [9.17, 15) is 0 Å². The molecule has 11 aromatic carbocycles. The minimum atomic E-state index is -0.553. The minimum Gasteiger partial charge on any atom is -0.311 e. The maximum Gasteiger partial charge on any atom is 0.0720 e. The molecule has 0 N–H and O–H groups in total. The monoisotopic (exact) mass is 877 g/mol. The Morgan fingerprint density at radius 1 is 0.203 bits per heavy atom. The van der Waals surface area contributed by atoms with Crippen molar-refractivity contribution in [2.24, 2.45) is 0 Å². The third-order valence-corrected chi connectivity index (χ3v) is 14.9. The third-order valence-electron chi connectivity index (χ3n) is 14.9. The van der Waals surface area contributed by atoms with Gasteiger partial charge in [-0.25, -0.2) is 0 Å². The number of hydrogen-bond acceptors (Lipinski definition) is 1. The summed E-state index contributed by atoms with van der Waals surface area (Å²) in [5.74, 6) is 0. The number of fused-ring (bicyclic) bond motifs is 9. The van der Waals surface area contributed by atoms with Gasteiger partial charge in [0.1, 0.15) is 0 Å². The van der Waals surface area contributed by atoms with Crippen LogP contribution in [0.15, 0.2) is 285 Å². The van der Waals surface area contributed by atoms with Crippen molar-refractivity contribution >= 4 is 17.1 Å². The molecule has 0 bridgehead atoms. The van der Waals surface area contributed by atoms with Gasteiger partial charge in [0, 0.05) is 17.1 Å². The van der Waals surface area contributed by atoms with Gasteiger partial charge in [-0.1, -0.05) is 243 Å². The second-order valence-corrected chi connectivity index (χ2v) is 18.3. The average molecular weight is 878 g/mol. The fourth-order valence-electron chi connectivity index (χ4n) is 11.9. The third kappa shape index (κ3) is 6.32. The fraction of sp³-hybridized carbons (Fsp3) is 0.0294. The summed E-state index contributed by atoms with van der Waals surface area (Å²) in [5.41, 5.74) is 22.5. The van der Waals surface area contributed by atoms with Crippen molar-refractivity contribution in [3.63, 3.8) is 0 Å². The Kier molecular flexibility index (Phi) is 9.70. The largest absolute Gasteiger partial charge is 0.311 e. The van der Waals surface area contributed by atoms with Crippen molar-refractivity contribution in [1.82, 2.24) is 0 Å². The van der Waals surface area contributed by atoms with E-state index >= 15 is 0 Å². The Labute approximate surface area is 404 Å². The molecule has 324 valence electrons. The van der Waals surface area contributed by atoms with Crippen molar-refractivity contribution in [3.05, 3.63) is 330 Å². The number of benzene rings is 11. The van der Waals surface area contributed by atoms with Crippen LogP contribution in [0, 0.1) is 0 Å². The molecule has 1 nitrogen and oxygen atoms in total. The van der Waals surface area contributed by atoms with E-state index in [1.165, 1.54) is 89.0 Å². The predicted octanol–water partition coefficient (Wildman–Crippen LogP) is 17.2. The molecule has 11 aromatic rings. The molecule has 0 fully saturated rings. The van der Waals surface area contributed by atoms with Crippen molar-refractivity contribution < 1.29 is 0 Å². The molecule has 13 rings (SSSR count). The molecule has 0 aliphatic heterocycles. The van der Waals surface area contributed by atoms with Crippen molar-refractivity contribution in [2.45, 2.75) is 10.8 Å². The van der Waals surface area contributed by atoms with Crippen LogP contribution in [0.25, 0.3) is 44.5 Å². The SMILES string of the molecule is c1ccc(-c2ccc(-c3ccc(N(c4ccccc4)c4ccc(-c5ccc6c(c5)C5(c7ccccc7-6)c6ccccc6C(c6ccccc6)(c6ccccc6)c6ccccc65)cc4)cc3)cc2)cc1. The van der Waals surface area contributed by atoms with Gasteiger partial charge in [0.25, 0.3) is 0 Å². The van der Waals surface area contributed by atoms with Crippen molar-refractivity contribution in [1.29, 1.82) is 0 Å². The van der Waals surface area contributed by atoms with Crippen LogP contribution in [0.2, 0.25) is 0 Å². The smallest absolute Gasteiger partial charge is 0.0720 e. The van der Waals surface area contributed by atoms with Crippen LogP contribution >= 0.6 is 0 Å². The van der Waals surface area contributed by atoms with E-state index in [1.54, 1.807) is 0 Å². The lowest BCUT2D eigenvalue weighted by atomic mass is 9.51. The molecule has 1 spiro atoms. The van der Waals surface area contributed by atoms with Crippen LogP contribution in [-0.4, -0.2) is 0 Å². The van der Waals surface area contributed by atoms with Crippen LogP contribution in [0.5, 0.6) is 0 Å². The van der Waals surface area contributed by atoms with Gasteiger partial charge in [0.2, 0.25) is 0 Å². The highest BCUT2D eigenvalue weighted by Crippen LogP contribution is 2.64. The summed E-state index contributed by atoms with van der Waals surface area (Å²) in [4.78, 5) is 2.35. The average Bonchev–Trinajstić information content (AvgIpc) is 3.73. The van der Waals surface area contributed by atoms with Gasteiger partial charge in [-0.15, -0.1) is 0 Å². The van der Waals surface area contributed by atoms with Crippen LogP contribution in [0.1, 0.15) is 44.5 Å². The molecule has 0 amide bonds. The number of rotatable bonds is 8. The van der Waals surface area contributed by atoms with Crippen LogP contribution in [0.4, 0.5) is 17.1 Å². The first-order valence-corrected chi connectivity index (χ1v) is 24.0. The quantitative estimate of drug-likeness (QED) is 0.147. The highest BCUT2D eigenvalue weighted by Gasteiger charge is 2.56. The molecule has 0 aromatic heterocycles. The molecular weight excluding hydrogens is 831 g/mol. The molecule has 1 heteroatoms. The summed E-state index contributed by atoms with van der Waals surface area (Å²) in [6.45, 7) is 0. The Morgan fingerprint density at radius 3 is 1.01 bits per heavy atom. The summed E-state index contributed by atoms with van der Waals surface area (Å²) in [6.07, 6.45) is 0. The number of nitrogens with zero attached hydrogens (tertiary/aromatic N) is 1. The predicted molar refractivity (Wildman–Crippen MR) is 287 cm³/mol. The molecule has 0 saturated carbocycles. The van der Waals surface area contributed by atoms with Gasteiger partial charge in [-0.05, 0) is 131 Å².